The van der Waals surface area contributed by atoms with Crippen molar-refractivity contribution in [3.8, 4) is 5.75 Å². The first-order valence-corrected chi connectivity index (χ1v) is 13.8. The van der Waals surface area contributed by atoms with Crippen molar-refractivity contribution in [1.82, 2.24) is 10.3 Å². The number of aryl methyl sites for hydroxylation is 1. The number of benzene rings is 2. The van der Waals surface area contributed by atoms with Gasteiger partial charge in [0.1, 0.15) is 11.3 Å². The molecule has 0 fully saturated rings. The van der Waals surface area contributed by atoms with Crippen molar-refractivity contribution >= 4 is 33.5 Å². The van der Waals surface area contributed by atoms with Crippen LogP contribution in [0.4, 0.5) is 5.69 Å². The maximum atomic E-state index is 12.4. The first kappa shape index (κ1) is 25.8. The number of amides is 1. The van der Waals surface area contributed by atoms with Crippen molar-refractivity contribution in [3.63, 3.8) is 0 Å². The van der Waals surface area contributed by atoms with E-state index in [4.69, 9.17) is 9.40 Å². The fraction of sp³-hybridized carbons (Fsp3) is 0.387. The number of hydrogen-bond donors (Lipinski definition) is 3. The quantitative estimate of drug-likeness (QED) is 0.177. The van der Waals surface area contributed by atoms with Crippen molar-refractivity contribution in [3.05, 3.63) is 75.8 Å². The summed E-state index contributed by atoms with van der Waals surface area (Å²) in [4.78, 5) is 29.2. The predicted octanol–water partition coefficient (Wildman–Crippen LogP) is 5.65. The summed E-state index contributed by atoms with van der Waals surface area (Å²) in [5.41, 5.74) is 5.40. The SMILES string of the molecule is O=C(Cc1cc(=O)oc2cc(O)ccc12)NCCCCCCCNc1c2c(nc3ccccc13)CCCC2. The highest BCUT2D eigenvalue weighted by Crippen LogP contribution is 2.33. The molecule has 7 nitrogen and oxygen atoms in total. The van der Waals surface area contributed by atoms with Gasteiger partial charge in [-0.2, -0.15) is 0 Å². The molecule has 3 N–H and O–H groups in total. The first-order chi connectivity index (χ1) is 18.6. The van der Waals surface area contributed by atoms with Crippen molar-refractivity contribution < 1.29 is 14.3 Å². The van der Waals surface area contributed by atoms with E-state index in [9.17, 15) is 14.7 Å². The van der Waals surface area contributed by atoms with Gasteiger partial charge < -0.3 is 20.2 Å². The number of nitrogens with one attached hydrogen (secondary N) is 2. The summed E-state index contributed by atoms with van der Waals surface area (Å²) < 4.78 is 5.13. The summed E-state index contributed by atoms with van der Waals surface area (Å²) >= 11 is 0. The molecule has 0 atom stereocenters. The van der Waals surface area contributed by atoms with E-state index in [2.05, 4.69) is 34.9 Å². The highest BCUT2D eigenvalue weighted by molar-refractivity contribution is 5.93. The Morgan fingerprint density at radius 2 is 1.71 bits per heavy atom. The Labute approximate surface area is 222 Å². The molecule has 0 spiro atoms. The van der Waals surface area contributed by atoms with Crippen molar-refractivity contribution in [2.45, 2.75) is 64.2 Å². The van der Waals surface area contributed by atoms with Crippen molar-refractivity contribution in [1.29, 1.82) is 0 Å². The monoisotopic (exact) mass is 513 g/mol. The maximum Gasteiger partial charge on any atom is 0.336 e. The zero-order valence-electron chi connectivity index (χ0n) is 21.7. The lowest BCUT2D eigenvalue weighted by molar-refractivity contribution is -0.120. The van der Waals surface area contributed by atoms with Gasteiger partial charge in [0.15, 0.2) is 0 Å². The predicted molar refractivity (Wildman–Crippen MR) is 151 cm³/mol. The van der Waals surface area contributed by atoms with Crippen LogP contribution in [-0.4, -0.2) is 29.1 Å². The molecule has 2 aromatic heterocycles. The molecule has 2 heterocycles. The molecule has 5 rings (SSSR count). The number of aromatic hydroxyl groups is 1. The first-order valence-electron chi connectivity index (χ1n) is 13.8. The lowest BCUT2D eigenvalue weighted by Gasteiger charge is -2.21. The maximum absolute atomic E-state index is 12.4. The molecule has 0 aliphatic heterocycles. The second kappa shape index (κ2) is 12.1. The van der Waals surface area contributed by atoms with E-state index in [1.807, 2.05) is 0 Å². The van der Waals surface area contributed by atoms with Crippen LogP contribution in [0.3, 0.4) is 0 Å². The molecule has 1 aliphatic carbocycles. The molecule has 0 radical (unpaired) electrons. The topological polar surface area (TPSA) is 104 Å². The summed E-state index contributed by atoms with van der Waals surface area (Å²) in [6, 6.07) is 14.4. The molecule has 0 unspecified atom stereocenters. The third-order valence-electron chi connectivity index (χ3n) is 7.31. The Bertz CT molecular complexity index is 1490. The van der Waals surface area contributed by atoms with Gasteiger partial charge in [-0.1, -0.05) is 37.5 Å². The minimum Gasteiger partial charge on any atom is -0.508 e. The van der Waals surface area contributed by atoms with Crippen LogP contribution in [-0.2, 0) is 24.1 Å². The van der Waals surface area contributed by atoms with Gasteiger partial charge in [0.2, 0.25) is 5.91 Å². The van der Waals surface area contributed by atoms with E-state index in [1.165, 1.54) is 53.4 Å². The van der Waals surface area contributed by atoms with Crippen LogP contribution < -0.4 is 16.3 Å². The Morgan fingerprint density at radius 1 is 0.921 bits per heavy atom. The van der Waals surface area contributed by atoms with Crippen LogP contribution >= 0.6 is 0 Å². The smallest absolute Gasteiger partial charge is 0.336 e. The lowest BCUT2D eigenvalue weighted by atomic mass is 9.92. The van der Waals surface area contributed by atoms with Gasteiger partial charge >= 0.3 is 5.63 Å². The van der Waals surface area contributed by atoms with Crippen molar-refractivity contribution in [2.75, 3.05) is 18.4 Å². The van der Waals surface area contributed by atoms with Gasteiger partial charge in [-0.15, -0.1) is 0 Å². The number of carbonyl (C=O) groups excluding carboxylic acids is 1. The van der Waals surface area contributed by atoms with Crippen LogP contribution in [0.5, 0.6) is 5.75 Å². The Balaban J connectivity index is 1.02. The molecule has 38 heavy (non-hydrogen) atoms. The third kappa shape index (κ3) is 6.15. The fourth-order valence-electron chi connectivity index (χ4n) is 5.40. The zero-order valence-corrected chi connectivity index (χ0v) is 21.7. The second-order valence-corrected chi connectivity index (χ2v) is 10.1. The molecule has 0 bridgehead atoms. The molecule has 1 amide bonds. The number of fused-ring (bicyclic) bond motifs is 3. The van der Waals surface area contributed by atoms with Gasteiger partial charge in [0.05, 0.1) is 11.9 Å². The number of unbranched alkanes of at least 4 members (excludes halogenated alkanes) is 4. The van der Waals surface area contributed by atoms with Gasteiger partial charge in [-0.3, -0.25) is 9.78 Å². The van der Waals surface area contributed by atoms with E-state index in [-0.39, 0.29) is 23.7 Å². The molecule has 198 valence electrons. The summed E-state index contributed by atoms with van der Waals surface area (Å²) in [5, 5.41) is 18.2. The summed E-state index contributed by atoms with van der Waals surface area (Å²) in [6.45, 7) is 1.57. The van der Waals surface area contributed by atoms with E-state index < -0.39 is 5.63 Å². The molecule has 0 saturated heterocycles. The molecule has 2 aromatic carbocycles. The van der Waals surface area contributed by atoms with E-state index >= 15 is 0 Å². The minimum atomic E-state index is -0.530. The Kier molecular flexibility index (Phi) is 8.22. The third-order valence-corrected chi connectivity index (χ3v) is 7.31. The number of phenols is 1. The standard InChI is InChI=1S/C31H35N3O4/c35-22-14-15-23-21(19-30(37)38-28(23)20-22)18-29(36)32-16-8-2-1-3-9-17-33-31-24-10-4-6-12-26(24)34-27-13-7-5-11-25(27)31/h4,6,10,12,14-15,19-20,35H,1-3,5,7-9,11,13,16-18H2,(H,32,36)(H,33,34). The van der Waals surface area contributed by atoms with Gasteiger partial charge in [-0.25, -0.2) is 4.79 Å². The number of phenolic OH excluding ortho intramolecular Hbond substituents is 1. The van der Waals surface area contributed by atoms with E-state index in [0.29, 0.717) is 17.5 Å². The van der Waals surface area contributed by atoms with Gasteiger partial charge in [-0.05, 0) is 67.9 Å². The number of aromatic nitrogens is 1. The van der Waals surface area contributed by atoms with Crippen LogP contribution in [0.2, 0.25) is 0 Å². The molecule has 4 aromatic rings. The highest BCUT2D eigenvalue weighted by Gasteiger charge is 2.17. The average Bonchev–Trinajstić information content (AvgIpc) is 2.91. The Hall–Kier alpha value is -3.87. The lowest BCUT2D eigenvalue weighted by Crippen LogP contribution is -2.26. The molecule has 0 saturated carbocycles. The summed E-state index contributed by atoms with van der Waals surface area (Å²) in [7, 11) is 0. The molecular weight excluding hydrogens is 478 g/mol. The van der Waals surface area contributed by atoms with E-state index in [0.717, 1.165) is 57.0 Å². The number of hydrogen-bond acceptors (Lipinski definition) is 6. The number of pyridine rings is 1. The largest absolute Gasteiger partial charge is 0.508 e. The van der Waals surface area contributed by atoms with Crippen LogP contribution in [0.25, 0.3) is 21.9 Å². The van der Waals surface area contributed by atoms with Gasteiger partial charge in [0, 0.05) is 47.4 Å². The average molecular weight is 514 g/mol. The van der Waals surface area contributed by atoms with Crippen molar-refractivity contribution in [2.24, 2.45) is 0 Å². The normalized spacial score (nSPS) is 12.9. The Morgan fingerprint density at radius 3 is 2.61 bits per heavy atom. The summed E-state index contributed by atoms with van der Waals surface area (Å²) in [6.07, 6.45) is 10.1. The molecule has 7 heteroatoms. The summed E-state index contributed by atoms with van der Waals surface area (Å²) in [5.74, 6) is -0.107. The second-order valence-electron chi connectivity index (χ2n) is 10.1. The number of anilines is 1. The minimum absolute atomic E-state index is 0.0165. The number of para-hydroxylation sites is 1. The van der Waals surface area contributed by atoms with Gasteiger partial charge in [0.25, 0.3) is 0 Å². The van der Waals surface area contributed by atoms with E-state index in [1.54, 1.807) is 6.07 Å². The molecule has 1 aliphatic rings. The van der Waals surface area contributed by atoms with Crippen LogP contribution in [0.15, 0.2) is 57.7 Å². The zero-order chi connectivity index (χ0) is 26.3. The van der Waals surface area contributed by atoms with Crippen LogP contribution in [0, 0.1) is 0 Å². The highest BCUT2D eigenvalue weighted by atomic mass is 16.4. The number of nitrogens with zero attached hydrogens (tertiary/aromatic N) is 1. The fourth-order valence-corrected chi connectivity index (χ4v) is 5.40. The number of rotatable bonds is 11. The molecular formula is C31H35N3O4. The van der Waals surface area contributed by atoms with Crippen LogP contribution in [0.1, 0.15) is 61.8 Å². The number of carbonyl (C=O) groups is 1.